The third kappa shape index (κ3) is 3.39. The van der Waals surface area contributed by atoms with Crippen LogP contribution in [0.3, 0.4) is 0 Å². The van der Waals surface area contributed by atoms with Crippen molar-refractivity contribution in [2.75, 3.05) is 44.3 Å². The van der Waals surface area contributed by atoms with E-state index in [1.165, 1.54) is 4.88 Å². The minimum absolute atomic E-state index is 0.289. The Labute approximate surface area is 149 Å². The van der Waals surface area contributed by atoms with Crippen molar-refractivity contribution in [3.8, 4) is 0 Å². The number of halogens is 1. The zero-order valence-electron chi connectivity index (χ0n) is 13.3. The van der Waals surface area contributed by atoms with E-state index in [0.29, 0.717) is 31.8 Å². The Morgan fingerprint density at radius 1 is 1.17 bits per heavy atom. The Morgan fingerprint density at radius 2 is 1.92 bits per heavy atom. The van der Waals surface area contributed by atoms with Gasteiger partial charge >= 0.3 is 0 Å². The number of carbonyl (C=O) groups excluding carboxylic acids is 1. The molecule has 2 aromatic rings. The molecule has 0 atom stereocenters. The molecule has 4 heterocycles. The van der Waals surface area contributed by atoms with Gasteiger partial charge < -0.3 is 9.64 Å². The molecule has 0 aromatic carbocycles. The van der Waals surface area contributed by atoms with E-state index >= 15 is 0 Å². The molecule has 2 fully saturated rings. The summed E-state index contributed by atoms with van der Waals surface area (Å²) in [5.41, 5.74) is 0.907. The molecule has 0 spiro atoms. The minimum atomic E-state index is 0.289. The van der Waals surface area contributed by atoms with E-state index < -0.39 is 0 Å². The van der Waals surface area contributed by atoms with Gasteiger partial charge in [0.1, 0.15) is 5.78 Å². The summed E-state index contributed by atoms with van der Waals surface area (Å²) in [6.45, 7) is 5.61. The van der Waals surface area contributed by atoms with E-state index in [1.807, 2.05) is 0 Å². The van der Waals surface area contributed by atoms with Crippen LogP contribution in [0.5, 0.6) is 0 Å². The number of thiophene rings is 1. The van der Waals surface area contributed by atoms with Crippen LogP contribution in [-0.4, -0.2) is 60.0 Å². The third-order valence-electron chi connectivity index (χ3n) is 4.48. The molecule has 0 saturated carbocycles. The van der Waals surface area contributed by atoms with Gasteiger partial charge in [0.2, 0.25) is 5.28 Å². The van der Waals surface area contributed by atoms with Crippen molar-refractivity contribution in [3.63, 3.8) is 0 Å². The summed E-state index contributed by atoms with van der Waals surface area (Å²) in [6, 6.07) is 2.11. The number of fused-ring (bicyclic) bond motifs is 1. The number of ether oxygens (including phenoxy) is 1. The Bertz CT molecular complexity index is 750. The number of hydrogen-bond acceptors (Lipinski definition) is 7. The Morgan fingerprint density at radius 3 is 2.67 bits per heavy atom. The van der Waals surface area contributed by atoms with Crippen LogP contribution in [0.4, 0.5) is 5.82 Å². The molecule has 2 aliphatic heterocycles. The average Bonchev–Trinajstić information content (AvgIpc) is 2.99. The third-order valence-corrected chi connectivity index (χ3v) is 5.76. The molecular formula is C16H19ClN4O2S. The summed E-state index contributed by atoms with van der Waals surface area (Å²) in [5.74, 6) is 1.29. The van der Waals surface area contributed by atoms with Crippen molar-refractivity contribution in [2.24, 2.45) is 0 Å². The van der Waals surface area contributed by atoms with Crippen molar-refractivity contribution < 1.29 is 9.53 Å². The summed E-state index contributed by atoms with van der Waals surface area (Å²) in [4.78, 5) is 26.0. The number of rotatable bonds is 3. The second kappa shape index (κ2) is 6.92. The van der Waals surface area contributed by atoms with Crippen LogP contribution in [0.25, 0.3) is 10.2 Å². The summed E-state index contributed by atoms with van der Waals surface area (Å²) in [5, 5.41) is 0.289. The maximum absolute atomic E-state index is 11.4. The summed E-state index contributed by atoms with van der Waals surface area (Å²) >= 11 is 7.86. The lowest BCUT2D eigenvalue weighted by Gasteiger charge is -2.28. The SMILES string of the molecule is O=C1CCN(Cc2cc3nc(Cl)nc(N4CCOCC4)c3s2)CC1. The minimum Gasteiger partial charge on any atom is -0.378 e. The predicted molar refractivity (Wildman–Crippen MR) is 95.0 cm³/mol. The molecule has 0 amide bonds. The van der Waals surface area contributed by atoms with Gasteiger partial charge in [-0.1, -0.05) is 0 Å². The lowest BCUT2D eigenvalue weighted by molar-refractivity contribution is -0.121. The van der Waals surface area contributed by atoms with E-state index in [0.717, 1.165) is 48.8 Å². The first-order valence-electron chi connectivity index (χ1n) is 8.22. The van der Waals surface area contributed by atoms with E-state index in [9.17, 15) is 4.79 Å². The van der Waals surface area contributed by atoms with E-state index in [2.05, 4.69) is 25.8 Å². The average molecular weight is 367 g/mol. The molecule has 0 N–H and O–H groups in total. The maximum atomic E-state index is 11.4. The summed E-state index contributed by atoms with van der Waals surface area (Å²) in [6.07, 6.45) is 1.32. The van der Waals surface area contributed by atoms with Crippen LogP contribution >= 0.6 is 22.9 Å². The Hall–Kier alpha value is -1.28. The molecule has 128 valence electrons. The van der Waals surface area contributed by atoms with Gasteiger partial charge in [0.15, 0.2) is 5.82 Å². The van der Waals surface area contributed by atoms with E-state index in [1.54, 1.807) is 11.3 Å². The number of Topliss-reactive ketones (excluding diaryl/α,β-unsaturated/α-hetero) is 1. The lowest BCUT2D eigenvalue weighted by Crippen LogP contribution is -2.36. The van der Waals surface area contributed by atoms with Crippen LogP contribution in [-0.2, 0) is 16.1 Å². The highest BCUT2D eigenvalue weighted by atomic mass is 35.5. The second-order valence-electron chi connectivity index (χ2n) is 6.16. The maximum Gasteiger partial charge on any atom is 0.224 e. The highest BCUT2D eigenvalue weighted by molar-refractivity contribution is 7.19. The lowest BCUT2D eigenvalue weighted by atomic mass is 10.1. The van der Waals surface area contributed by atoms with Crippen LogP contribution in [0, 0.1) is 0 Å². The molecule has 0 radical (unpaired) electrons. The monoisotopic (exact) mass is 366 g/mol. The molecule has 2 saturated heterocycles. The van der Waals surface area contributed by atoms with Crippen molar-refractivity contribution in [1.29, 1.82) is 0 Å². The zero-order chi connectivity index (χ0) is 16.5. The van der Waals surface area contributed by atoms with Crippen LogP contribution < -0.4 is 4.90 Å². The molecule has 0 aliphatic carbocycles. The highest BCUT2D eigenvalue weighted by Crippen LogP contribution is 2.34. The Balaban J connectivity index is 1.60. The van der Waals surface area contributed by atoms with Gasteiger partial charge in [-0.15, -0.1) is 11.3 Å². The first-order valence-corrected chi connectivity index (χ1v) is 9.41. The smallest absolute Gasteiger partial charge is 0.224 e. The van der Waals surface area contributed by atoms with Gasteiger partial charge in [-0.25, -0.2) is 4.98 Å². The van der Waals surface area contributed by atoms with Crippen molar-refractivity contribution in [3.05, 3.63) is 16.2 Å². The van der Waals surface area contributed by atoms with Gasteiger partial charge in [-0.3, -0.25) is 9.69 Å². The fourth-order valence-electron chi connectivity index (χ4n) is 3.18. The van der Waals surface area contributed by atoms with Gasteiger partial charge in [0, 0.05) is 50.4 Å². The Kier molecular flexibility index (Phi) is 4.67. The van der Waals surface area contributed by atoms with Gasteiger partial charge in [0.05, 0.1) is 23.4 Å². The molecule has 6 nitrogen and oxygen atoms in total. The quantitative estimate of drug-likeness (QED) is 0.777. The molecule has 8 heteroatoms. The van der Waals surface area contributed by atoms with Crippen molar-refractivity contribution >= 4 is 44.8 Å². The first-order chi connectivity index (χ1) is 11.7. The van der Waals surface area contributed by atoms with E-state index in [-0.39, 0.29) is 5.28 Å². The van der Waals surface area contributed by atoms with Gasteiger partial charge in [-0.2, -0.15) is 4.98 Å². The molecule has 0 bridgehead atoms. The first kappa shape index (κ1) is 16.2. The van der Waals surface area contributed by atoms with Crippen LogP contribution in [0.1, 0.15) is 17.7 Å². The molecule has 4 rings (SSSR count). The van der Waals surface area contributed by atoms with Gasteiger partial charge in [0.25, 0.3) is 0 Å². The molecule has 24 heavy (non-hydrogen) atoms. The zero-order valence-corrected chi connectivity index (χ0v) is 14.9. The molecule has 2 aliphatic rings. The highest BCUT2D eigenvalue weighted by Gasteiger charge is 2.21. The number of nitrogens with zero attached hydrogens (tertiary/aromatic N) is 4. The van der Waals surface area contributed by atoms with Crippen LogP contribution in [0.15, 0.2) is 6.07 Å². The predicted octanol–water partition coefficient (Wildman–Crippen LogP) is 2.35. The molecular weight excluding hydrogens is 348 g/mol. The van der Waals surface area contributed by atoms with E-state index in [4.69, 9.17) is 16.3 Å². The largest absolute Gasteiger partial charge is 0.378 e. The fraction of sp³-hybridized carbons (Fsp3) is 0.562. The van der Waals surface area contributed by atoms with Gasteiger partial charge in [-0.05, 0) is 17.7 Å². The molecule has 2 aromatic heterocycles. The molecule has 0 unspecified atom stereocenters. The summed E-state index contributed by atoms with van der Waals surface area (Å²) < 4.78 is 6.52. The second-order valence-corrected chi connectivity index (χ2v) is 7.63. The normalized spacial score (nSPS) is 20.0. The van der Waals surface area contributed by atoms with Crippen LogP contribution in [0.2, 0.25) is 5.28 Å². The van der Waals surface area contributed by atoms with Crippen molar-refractivity contribution in [2.45, 2.75) is 19.4 Å². The number of piperidine rings is 1. The number of aromatic nitrogens is 2. The van der Waals surface area contributed by atoms with Crippen molar-refractivity contribution in [1.82, 2.24) is 14.9 Å². The topological polar surface area (TPSA) is 58.6 Å². The number of anilines is 1. The number of likely N-dealkylation sites (tertiary alicyclic amines) is 1. The standard InChI is InChI=1S/C16H19ClN4O2S/c17-16-18-13-9-12(10-20-3-1-11(22)2-4-20)24-14(13)15(19-16)21-5-7-23-8-6-21/h9H,1-8,10H2. The fourth-order valence-corrected chi connectivity index (χ4v) is 4.51. The number of morpholine rings is 1. The number of hydrogen-bond donors (Lipinski definition) is 0. The number of ketones is 1. The summed E-state index contributed by atoms with van der Waals surface area (Å²) in [7, 11) is 0. The number of carbonyl (C=O) groups is 1.